The van der Waals surface area contributed by atoms with Gasteiger partial charge in [-0.15, -0.1) is 0 Å². The molecule has 18 heavy (non-hydrogen) atoms. The second kappa shape index (κ2) is 4.87. The van der Waals surface area contributed by atoms with Crippen molar-refractivity contribution in [3.63, 3.8) is 0 Å². The number of hydrogen-bond acceptors (Lipinski definition) is 3. The van der Waals surface area contributed by atoms with Crippen LogP contribution in [0.1, 0.15) is 27.8 Å². The molecule has 0 saturated carbocycles. The Labute approximate surface area is 105 Å². The van der Waals surface area contributed by atoms with Gasteiger partial charge >= 0.3 is 5.97 Å². The van der Waals surface area contributed by atoms with Gasteiger partial charge in [-0.05, 0) is 31.2 Å². The van der Waals surface area contributed by atoms with Gasteiger partial charge in [0.2, 0.25) is 0 Å². The zero-order chi connectivity index (χ0) is 13.1. The zero-order valence-corrected chi connectivity index (χ0v) is 10.2. The van der Waals surface area contributed by atoms with Gasteiger partial charge in [0.15, 0.2) is 5.78 Å². The van der Waals surface area contributed by atoms with E-state index in [2.05, 4.69) is 0 Å². The van der Waals surface area contributed by atoms with Gasteiger partial charge in [-0.2, -0.15) is 0 Å². The molecule has 0 saturated heterocycles. The second-order valence-electron chi connectivity index (χ2n) is 3.95. The van der Waals surface area contributed by atoms with Crippen LogP contribution < -0.4 is 4.74 Å². The Balaban J connectivity index is 2.28. The summed E-state index contributed by atoms with van der Waals surface area (Å²) >= 11 is 0. The van der Waals surface area contributed by atoms with Gasteiger partial charge in [0.05, 0.1) is 5.56 Å². The van der Waals surface area contributed by atoms with E-state index in [9.17, 15) is 9.59 Å². The molecular formula is C14H13NO3. The molecular weight excluding hydrogens is 230 g/mol. The van der Waals surface area contributed by atoms with Crippen LogP contribution in [-0.2, 0) is 7.05 Å². The smallest absolute Gasteiger partial charge is 0.360 e. The lowest BCUT2D eigenvalue weighted by Crippen LogP contribution is -2.14. The summed E-state index contributed by atoms with van der Waals surface area (Å²) in [6.45, 7) is 1.44. The molecule has 1 aromatic carbocycles. The number of carbonyl (C=O) groups excluding carboxylic acids is 2. The van der Waals surface area contributed by atoms with Crippen molar-refractivity contribution < 1.29 is 14.3 Å². The second-order valence-corrected chi connectivity index (χ2v) is 3.95. The molecule has 2 rings (SSSR count). The molecule has 4 heteroatoms. The fourth-order valence-corrected chi connectivity index (χ4v) is 1.67. The van der Waals surface area contributed by atoms with Crippen LogP contribution in [0, 0.1) is 0 Å². The molecule has 92 valence electrons. The fraction of sp³-hybridized carbons (Fsp3) is 0.143. The third-order valence-electron chi connectivity index (χ3n) is 2.62. The molecule has 0 spiro atoms. The fourth-order valence-electron chi connectivity index (χ4n) is 1.67. The third kappa shape index (κ3) is 2.32. The number of carbonyl (C=O) groups is 2. The highest BCUT2D eigenvalue weighted by Crippen LogP contribution is 2.19. The minimum Gasteiger partial charge on any atom is -0.421 e. The first-order chi connectivity index (χ1) is 8.59. The Morgan fingerprint density at radius 3 is 2.44 bits per heavy atom. The summed E-state index contributed by atoms with van der Waals surface area (Å²) in [6.07, 6.45) is 1.76. The van der Waals surface area contributed by atoms with Crippen LogP contribution in [0.4, 0.5) is 0 Å². The molecule has 0 aliphatic heterocycles. The van der Waals surface area contributed by atoms with E-state index in [1.165, 1.54) is 6.92 Å². The van der Waals surface area contributed by atoms with E-state index in [-0.39, 0.29) is 11.5 Å². The molecule has 0 aliphatic carbocycles. The lowest BCUT2D eigenvalue weighted by molar-refractivity contribution is 0.0723. The predicted octanol–water partition coefficient (Wildman–Crippen LogP) is 2.45. The van der Waals surface area contributed by atoms with Crippen molar-refractivity contribution >= 4 is 11.8 Å². The number of ketones is 1. The zero-order valence-electron chi connectivity index (χ0n) is 10.2. The number of rotatable bonds is 3. The van der Waals surface area contributed by atoms with Gasteiger partial charge in [0, 0.05) is 13.2 Å². The van der Waals surface area contributed by atoms with E-state index >= 15 is 0 Å². The summed E-state index contributed by atoms with van der Waals surface area (Å²) in [4.78, 5) is 23.3. The number of Topliss-reactive ketones (excluding diaryl/α,β-unsaturated/α-hetero) is 1. The van der Waals surface area contributed by atoms with Crippen molar-refractivity contribution in [1.29, 1.82) is 0 Å². The first-order valence-corrected chi connectivity index (χ1v) is 5.53. The highest BCUT2D eigenvalue weighted by molar-refractivity contribution is 5.98. The maximum Gasteiger partial charge on any atom is 0.360 e. The molecule has 0 radical (unpaired) electrons. The number of aryl methyl sites for hydroxylation is 1. The minimum absolute atomic E-state index is 0.134. The maximum absolute atomic E-state index is 11.9. The molecule has 0 amide bonds. The van der Waals surface area contributed by atoms with Crippen LogP contribution in [0.5, 0.6) is 5.75 Å². The van der Waals surface area contributed by atoms with Crippen molar-refractivity contribution in [2.75, 3.05) is 0 Å². The Kier molecular flexibility index (Phi) is 3.28. The van der Waals surface area contributed by atoms with Crippen molar-refractivity contribution in [2.45, 2.75) is 6.92 Å². The molecule has 4 nitrogen and oxygen atoms in total. The SMILES string of the molecule is CC(=O)c1ccccc1OC(=O)c1cccn1C. The number of ether oxygens (including phenoxy) is 1. The van der Waals surface area contributed by atoms with Crippen molar-refractivity contribution in [3.05, 3.63) is 53.9 Å². The van der Waals surface area contributed by atoms with Crippen molar-refractivity contribution in [2.24, 2.45) is 7.05 Å². The quantitative estimate of drug-likeness (QED) is 0.472. The van der Waals surface area contributed by atoms with Crippen LogP contribution in [0.3, 0.4) is 0 Å². The molecule has 0 unspecified atom stereocenters. The summed E-state index contributed by atoms with van der Waals surface area (Å²) in [5.41, 5.74) is 0.841. The van der Waals surface area contributed by atoms with Crippen molar-refractivity contribution in [3.8, 4) is 5.75 Å². The van der Waals surface area contributed by atoms with Crippen LogP contribution >= 0.6 is 0 Å². The Hall–Kier alpha value is -2.36. The first kappa shape index (κ1) is 12.1. The summed E-state index contributed by atoms with van der Waals surface area (Å²) in [7, 11) is 1.76. The molecule has 1 aromatic heterocycles. The summed E-state index contributed by atoms with van der Waals surface area (Å²) in [5, 5.41) is 0. The Bertz CT molecular complexity index is 599. The molecule has 0 atom stereocenters. The third-order valence-corrected chi connectivity index (χ3v) is 2.62. The average molecular weight is 243 g/mol. The molecule has 1 heterocycles. The van der Waals surface area contributed by atoms with E-state index in [0.717, 1.165) is 0 Å². The van der Waals surface area contributed by atoms with Gasteiger partial charge in [0.25, 0.3) is 0 Å². The maximum atomic E-state index is 11.9. The average Bonchev–Trinajstić information content (AvgIpc) is 2.76. The van der Waals surface area contributed by atoms with E-state index in [1.54, 1.807) is 54.2 Å². The monoisotopic (exact) mass is 243 g/mol. The minimum atomic E-state index is -0.476. The Morgan fingerprint density at radius 2 is 1.83 bits per heavy atom. The summed E-state index contributed by atoms with van der Waals surface area (Å²) in [5.74, 6) is -0.322. The van der Waals surface area contributed by atoms with Crippen LogP contribution in [0.15, 0.2) is 42.6 Å². The van der Waals surface area contributed by atoms with E-state index < -0.39 is 5.97 Å². The summed E-state index contributed by atoms with van der Waals surface area (Å²) < 4.78 is 6.92. The topological polar surface area (TPSA) is 48.3 Å². The first-order valence-electron chi connectivity index (χ1n) is 5.53. The van der Waals surface area contributed by atoms with Gasteiger partial charge in [-0.1, -0.05) is 12.1 Å². The predicted molar refractivity (Wildman–Crippen MR) is 66.8 cm³/mol. The number of aromatic nitrogens is 1. The van der Waals surface area contributed by atoms with E-state index in [0.29, 0.717) is 11.3 Å². The molecule has 0 N–H and O–H groups in total. The lowest BCUT2D eigenvalue weighted by atomic mass is 10.1. The van der Waals surface area contributed by atoms with E-state index in [4.69, 9.17) is 4.74 Å². The largest absolute Gasteiger partial charge is 0.421 e. The van der Waals surface area contributed by atoms with Crippen LogP contribution in [0.25, 0.3) is 0 Å². The van der Waals surface area contributed by atoms with E-state index in [1.807, 2.05) is 0 Å². The number of para-hydroxylation sites is 1. The lowest BCUT2D eigenvalue weighted by Gasteiger charge is -2.08. The molecule has 0 bridgehead atoms. The van der Waals surface area contributed by atoms with Gasteiger partial charge < -0.3 is 9.30 Å². The standard InChI is InChI=1S/C14H13NO3/c1-10(16)11-6-3-4-8-13(11)18-14(17)12-7-5-9-15(12)2/h3-9H,1-2H3. The van der Waals surface area contributed by atoms with Crippen LogP contribution in [-0.4, -0.2) is 16.3 Å². The number of esters is 1. The Morgan fingerprint density at radius 1 is 1.11 bits per heavy atom. The molecule has 0 aliphatic rings. The van der Waals surface area contributed by atoms with Crippen LogP contribution in [0.2, 0.25) is 0 Å². The highest BCUT2D eigenvalue weighted by Gasteiger charge is 2.15. The van der Waals surface area contributed by atoms with Crippen molar-refractivity contribution in [1.82, 2.24) is 4.57 Å². The summed E-state index contributed by atoms with van der Waals surface area (Å²) in [6, 6.07) is 10.1. The highest BCUT2D eigenvalue weighted by atomic mass is 16.5. The molecule has 0 fully saturated rings. The number of nitrogens with zero attached hydrogens (tertiary/aromatic N) is 1. The van der Waals surface area contributed by atoms with Gasteiger partial charge in [-0.3, -0.25) is 4.79 Å². The van der Waals surface area contributed by atoms with Gasteiger partial charge in [0.1, 0.15) is 11.4 Å². The normalized spacial score (nSPS) is 10.1. The van der Waals surface area contributed by atoms with Gasteiger partial charge in [-0.25, -0.2) is 4.79 Å². The molecule has 2 aromatic rings. The number of hydrogen-bond donors (Lipinski definition) is 0. The number of benzene rings is 1.